The smallest absolute Gasteiger partial charge is 0.0590 e. The molecule has 1 aliphatic carbocycles. The Balaban J connectivity index is 1.64. The lowest BCUT2D eigenvalue weighted by atomic mass is 9.83. The Morgan fingerprint density at radius 2 is 1.71 bits per heavy atom. The van der Waals surface area contributed by atoms with Crippen LogP contribution in [0.25, 0.3) is 0 Å². The lowest BCUT2D eigenvalue weighted by molar-refractivity contribution is 0.103. The van der Waals surface area contributed by atoms with Gasteiger partial charge in [-0.1, -0.05) is 32.6 Å². The van der Waals surface area contributed by atoms with Crippen LogP contribution in [0.15, 0.2) is 0 Å². The normalized spacial score (nSPS) is 16.1. The maximum absolute atomic E-state index is 5.58. The number of hydrogen-bond donors (Lipinski definition) is 1. The minimum absolute atomic E-state index is 0.822. The van der Waals surface area contributed by atoms with Crippen molar-refractivity contribution in [2.24, 2.45) is 5.92 Å². The molecule has 102 valence electrons. The van der Waals surface area contributed by atoms with Gasteiger partial charge in [0.2, 0.25) is 0 Å². The molecule has 3 heteroatoms. The first-order valence-electron chi connectivity index (χ1n) is 7.29. The predicted octanol–water partition coefficient (Wildman–Crippen LogP) is 2.60. The maximum Gasteiger partial charge on any atom is 0.0590 e. The van der Waals surface area contributed by atoms with Gasteiger partial charge in [-0.2, -0.15) is 0 Å². The van der Waals surface area contributed by atoms with Crippen molar-refractivity contribution in [3.63, 3.8) is 0 Å². The second kappa shape index (κ2) is 11.0. The molecular weight excluding hydrogens is 214 g/mol. The molecule has 0 aliphatic heterocycles. The van der Waals surface area contributed by atoms with Crippen molar-refractivity contribution in [1.29, 1.82) is 0 Å². The number of hydrogen-bond acceptors (Lipinski definition) is 3. The molecule has 0 bridgehead atoms. The van der Waals surface area contributed by atoms with Crippen LogP contribution in [0, 0.1) is 5.92 Å². The van der Waals surface area contributed by atoms with Crippen molar-refractivity contribution >= 4 is 0 Å². The Morgan fingerprint density at radius 1 is 1.00 bits per heavy atom. The molecule has 1 rings (SSSR count). The van der Waals surface area contributed by atoms with Gasteiger partial charge in [-0.3, -0.25) is 0 Å². The molecule has 0 saturated heterocycles. The van der Waals surface area contributed by atoms with E-state index < -0.39 is 0 Å². The third-order valence-electron chi connectivity index (χ3n) is 3.38. The Hall–Kier alpha value is -0.120. The van der Waals surface area contributed by atoms with E-state index in [9.17, 15) is 0 Å². The van der Waals surface area contributed by atoms with E-state index in [0.29, 0.717) is 0 Å². The van der Waals surface area contributed by atoms with Crippen LogP contribution in [0.4, 0.5) is 0 Å². The summed E-state index contributed by atoms with van der Waals surface area (Å²) in [4.78, 5) is 0. The predicted molar refractivity (Wildman–Crippen MR) is 71.4 cm³/mol. The van der Waals surface area contributed by atoms with E-state index in [-0.39, 0.29) is 0 Å². The van der Waals surface area contributed by atoms with E-state index in [0.717, 1.165) is 45.4 Å². The van der Waals surface area contributed by atoms with Gasteiger partial charge in [0.1, 0.15) is 0 Å². The Labute approximate surface area is 106 Å². The zero-order valence-electron chi connectivity index (χ0n) is 11.4. The van der Waals surface area contributed by atoms with Crippen LogP contribution in [0.5, 0.6) is 0 Å². The fourth-order valence-electron chi connectivity index (χ4n) is 1.90. The monoisotopic (exact) mass is 243 g/mol. The molecule has 0 aromatic carbocycles. The van der Waals surface area contributed by atoms with Crippen LogP contribution in [0.3, 0.4) is 0 Å². The van der Waals surface area contributed by atoms with Gasteiger partial charge in [-0.15, -0.1) is 0 Å². The summed E-state index contributed by atoms with van der Waals surface area (Å²) in [5.74, 6) is 0.968. The van der Waals surface area contributed by atoms with Gasteiger partial charge in [0.15, 0.2) is 0 Å². The average molecular weight is 243 g/mol. The summed E-state index contributed by atoms with van der Waals surface area (Å²) >= 11 is 0. The zero-order valence-corrected chi connectivity index (χ0v) is 11.4. The molecule has 1 fully saturated rings. The van der Waals surface area contributed by atoms with Gasteiger partial charge in [-0.25, -0.2) is 0 Å². The third kappa shape index (κ3) is 8.58. The molecule has 0 unspecified atom stereocenters. The summed E-state index contributed by atoms with van der Waals surface area (Å²) in [6, 6.07) is 0. The fourth-order valence-corrected chi connectivity index (χ4v) is 1.90. The zero-order chi connectivity index (χ0) is 12.2. The summed E-state index contributed by atoms with van der Waals surface area (Å²) < 4.78 is 11.0. The summed E-state index contributed by atoms with van der Waals surface area (Å²) in [6.45, 7) is 7.57. The third-order valence-corrected chi connectivity index (χ3v) is 3.38. The van der Waals surface area contributed by atoms with Gasteiger partial charge in [0.05, 0.1) is 13.2 Å². The molecule has 0 aromatic rings. The highest BCUT2D eigenvalue weighted by Gasteiger charge is 2.16. The van der Waals surface area contributed by atoms with Gasteiger partial charge < -0.3 is 14.8 Å². The molecule has 3 nitrogen and oxygen atoms in total. The van der Waals surface area contributed by atoms with E-state index in [4.69, 9.17) is 9.47 Å². The second-order valence-electron chi connectivity index (χ2n) is 4.91. The fraction of sp³-hybridized carbons (Fsp3) is 1.00. The quantitative estimate of drug-likeness (QED) is 0.534. The molecule has 0 heterocycles. The van der Waals surface area contributed by atoms with E-state index >= 15 is 0 Å². The first kappa shape index (κ1) is 14.9. The van der Waals surface area contributed by atoms with E-state index in [1.165, 1.54) is 38.5 Å². The first-order chi connectivity index (χ1) is 8.43. The highest BCUT2D eigenvalue weighted by Crippen LogP contribution is 2.28. The highest BCUT2D eigenvalue weighted by molar-refractivity contribution is 4.68. The van der Waals surface area contributed by atoms with Crippen LogP contribution < -0.4 is 5.32 Å². The topological polar surface area (TPSA) is 30.5 Å². The van der Waals surface area contributed by atoms with Gasteiger partial charge >= 0.3 is 0 Å². The van der Waals surface area contributed by atoms with Gasteiger partial charge in [0.25, 0.3) is 0 Å². The molecular formula is C14H29NO2. The number of nitrogens with one attached hydrogen (secondary N) is 1. The standard InChI is InChI=1S/C14H29NO2/c1-2-3-10-16-12-8-15-9-13-17-11-7-14-5-4-6-14/h14-15H,2-13H2,1H3. The van der Waals surface area contributed by atoms with Crippen LogP contribution in [0.2, 0.25) is 0 Å². The van der Waals surface area contributed by atoms with Crippen LogP contribution in [-0.2, 0) is 9.47 Å². The summed E-state index contributed by atoms with van der Waals surface area (Å²) in [6.07, 6.45) is 7.93. The Kier molecular flexibility index (Phi) is 9.66. The van der Waals surface area contributed by atoms with Crippen LogP contribution in [-0.4, -0.2) is 39.5 Å². The summed E-state index contributed by atoms with van der Waals surface area (Å²) in [5, 5.41) is 3.33. The maximum atomic E-state index is 5.58. The summed E-state index contributed by atoms with van der Waals surface area (Å²) in [5.41, 5.74) is 0. The lowest BCUT2D eigenvalue weighted by Gasteiger charge is -2.24. The average Bonchev–Trinajstić information content (AvgIpc) is 2.28. The molecule has 0 amide bonds. The first-order valence-corrected chi connectivity index (χ1v) is 7.29. The molecule has 0 aromatic heterocycles. The van der Waals surface area contributed by atoms with Crippen molar-refractivity contribution in [3.05, 3.63) is 0 Å². The molecule has 1 saturated carbocycles. The lowest BCUT2D eigenvalue weighted by Crippen LogP contribution is -2.24. The minimum Gasteiger partial charge on any atom is -0.380 e. The van der Waals surface area contributed by atoms with Gasteiger partial charge in [0, 0.05) is 26.3 Å². The Morgan fingerprint density at radius 3 is 2.29 bits per heavy atom. The highest BCUT2D eigenvalue weighted by atomic mass is 16.5. The molecule has 0 atom stereocenters. The van der Waals surface area contributed by atoms with Crippen molar-refractivity contribution in [2.45, 2.75) is 45.4 Å². The van der Waals surface area contributed by atoms with Crippen molar-refractivity contribution in [2.75, 3.05) is 39.5 Å². The SMILES string of the molecule is CCCCOCCNCCOCCC1CCC1. The number of unbranched alkanes of at least 4 members (excludes halogenated alkanes) is 1. The second-order valence-corrected chi connectivity index (χ2v) is 4.91. The molecule has 1 N–H and O–H groups in total. The molecule has 1 aliphatic rings. The van der Waals surface area contributed by atoms with E-state index in [1.807, 2.05) is 0 Å². The summed E-state index contributed by atoms with van der Waals surface area (Å²) in [7, 11) is 0. The van der Waals surface area contributed by atoms with Crippen molar-refractivity contribution in [3.8, 4) is 0 Å². The van der Waals surface area contributed by atoms with E-state index in [2.05, 4.69) is 12.2 Å². The number of rotatable bonds is 12. The van der Waals surface area contributed by atoms with E-state index in [1.54, 1.807) is 0 Å². The van der Waals surface area contributed by atoms with Crippen LogP contribution >= 0.6 is 0 Å². The van der Waals surface area contributed by atoms with Crippen molar-refractivity contribution < 1.29 is 9.47 Å². The largest absolute Gasteiger partial charge is 0.380 e. The Bertz CT molecular complexity index is 160. The van der Waals surface area contributed by atoms with Crippen molar-refractivity contribution in [1.82, 2.24) is 5.32 Å². The minimum atomic E-state index is 0.822. The molecule has 17 heavy (non-hydrogen) atoms. The van der Waals surface area contributed by atoms with Gasteiger partial charge in [-0.05, 0) is 18.8 Å². The molecule has 0 radical (unpaired) electrons. The van der Waals surface area contributed by atoms with Crippen LogP contribution in [0.1, 0.15) is 45.4 Å². The number of ether oxygens (including phenoxy) is 2. The molecule has 0 spiro atoms.